The van der Waals surface area contributed by atoms with E-state index in [1.165, 1.54) is 10.8 Å². The molecule has 0 bridgehead atoms. The van der Waals surface area contributed by atoms with Gasteiger partial charge in [-0.3, -0.25) is 0 Å². The predicted octanol–water partition coefficient (Wildman–Crippen LogP) is 3.49. The second-order valence-corrected chi connectivity index (χ2v) is 4.55. The van der Waals surface area contributed by atoms with Crippen LogP contribution in [0.3, 0.4) is 0 Å². The highest BCUT2D eigenvalue weighted by molar-refractivity contribution is 7.17. The first-order valence-corrected chi connectivity index (χ1v) is 6.53. The molecule has 0 N–H and O–H groups in total. The number of thiophene rings is 1. The van der Waals surface area contributed by atoms with E-state index in [0.29, 0.717) is 6.61 Å². The third-order valence-electron chi connectivity index (χ3n) is 2.51. The average molecular weight is 262 g/mol. The summed E-state index contributed by atoms with van der Waals surface area (Å²) in [6.45, 7) is 2.16. The molecule has 0 fully saturated rings. The van der Waals surface area contributed by atoms with Crippen molar-refractivity contribution in [2.24, 2.45) is 0 Å². The van der Waals surface area contributed by atoms with Gasteiger partial charge in [-0.2, -0.15) is 0 Å². The van der Waals surface area contributed by atoms with Crippen LogP contribution in [0.4, 0.5) is 0 Å². The van der Waals surface area contributed by atoms with Crippen LogP contribution in [-0.4, -0.2) is 19.7 Å². The molecule has 18 heavy (non-hydrogen) atoms. The van der Waals surface area contributed by atoms with Crippen molar-refractivity contribution >= 4 is 33.5 Å². The molecule has 94 valence electrons. The number of carbonyl (C=O) groups excluding carboxylic acids is 1. The van der Waals surface area contributed by atoms with Gasteiger partial charge in [-0.05, 0) is 36.6 Å². The van der Waals surface area contributed by atoms with Gasteiger partial charge in [-0.15, -0.1) is 11.3 Å². The standard InChI is InChI=1S/C14H14O3S/c1-3-17-13(15)7-5-10-4-6-12-11(8-9-18-12)14(10)16-2/h4-9H,3H2,1-2H3/b7-5+. The van der Waals surface area contributed by atoms with Gasteiger partial charge in [0.1, 0.15) is 5.75 Å². The van der Waals surface area contributed by atoms with E-state index in [2.05, 4.69) is 0 Å². The molecule has 0 radical (unpaired) electrons. The third-order valence-corrected chi connectivity index (χ3v) is 3.39. The summed E-state index contributed by atoms with van der Waals surface area (Å²) in [6, 6.07) is 5.97. The van der Waals surface area contributed by atoms with E-state index in [9.17, 15) is 4.79 Å². The normalized spacial score (nSPS) is 11.0. The van der Waals surface area contributed by atoms with Crippen molar-refractivity contribution in [2.45, 2.75) is 6.92 Å². The average Bonchev–Trinajstić information content (AvgIpc) is 2.84. The molecule has 0 spiro atoms. The zero-order chi connectivity index (χ0) is 13.0. The summed E-state index contributed by atoms with van der Waals surface area (Å²) in [4.78, 5) is 11.3. The van der Waals surface area contributed by atoms with Crippen molar-refractivity contribution in [3.8, 4) is 5.75 Å². The van der Waals surface area contributed by atoms with Crippen molar-refractivity contribution in [1.82, 2.24) is 0 Å². The molecule has 2 rings (SSSR count). The molecule has 0 atom stereocenters. The molecule has 1 aromatic heterocycles. The number of methoxy groups -OCH3 is 1. The molecular formula is C14H14O3S. The Bertz CT molecular complexity index is 584. The highest BCUT2D eigenvalue weighted by Crippen LogP contribution is 2.33. The minimum Gasteiger partial charge on any atom is -0.495 e. The number of esters is 1. The van der Waals surface area contributed by atoms with E-state index in [4.69, 9.17) is 9.47 Å². The van der Waals surface area contributed by atoms with Gasteiger partial charge >= 0.3 is 5.97 Å². The summed E-state index contributed by atoms with van der Waals surface area (Å²) in [7, 11) is 1.63. The van der Waals surface area contributed by atoms with Gasteiger partial charge in [0.15, 0.2) is 0 Å². The van der Waals surface area contributed by atoms with Gasteiger partial charge in [0.05, 0.1) is 13.7 Å². The highest BCUT2D eigenvalue weighted by atomic mass is 32.1. The van der Waals surface area contributed by atoms with Gasteiger partial charge in [-0.25, -0.2) is 4.79 Å². The molecule has 0 saturated heterocycles. The van der Waals surface area contributed by atoms with Crippen LogP contribution in [0.5, 0.6) is 5.75 Å². The lowest BCUT2D eigenvalue weighted by Gasteiger charge is -2.06. The summed E-state index contributed by atoms with van der Waals surface area (Å²) in [5, 5.41) is 3.08. The van der Waals surface area contributed by atoms with Crippen LogP contribution in [0.1, 0.15) is 12.5 Å². The molecule has 4 heteroatoms. The van der Waals surface area contributed by atoms with Gasteiger partial charge < -0.3 is 9.47 Å². The van der Waals surface area contributed by atoms with Crippen LogP contribution < -0.4 is 4.74 Å². The number of fused-ring (bicyclic) bond motifs is 1. The largest absolute Gasteiger partial charge is 0.495 e. The van der Waals surface area contributed by atoms with E-state index >= 15 is 0 Å². The Morgan fingerprint density at radius 3 is 2.94 bits per heavy atom. The number of ether oxygens (including phenoxy) is 2. The van der Waals surface area contributed by atoms with Crippen LogP contribution in [0.25, 0.3) is 16.2 Å². The van der Waals surface area contributed by atoms with Gasteiger partial charge in [0.2, 0.25) is 0 Å². The number of hydrogen-bond acceptors (Lipinski definition) is 4. The fraction of sp³-hybridized carbons (Fsp3) is 0.214. The topological polar surface area (TPSA) is 35.5 Å². The summed E-state index contributed by atoms with van der Waals surface area (Å²) >= 11 is 1.66. The third kappa shape index (κ3) is 2.54. The maximum Gasteiger partial charge on any atom is 0.330 e. The molecular weight excluding hydrogens is 248 g/mol. The molecule has 0 amide bonds. The van der Waals surface area contributed by atoms with Crippen molar-refractivity contribution in [1.29, 1.82) is 0 Å². The zero-order valence-electron chi connectivity index (χ0n) is 10.3. The second-order valence-electron chi connectivity index (χ2n) is 3.61. The smallest absolute Gasteiger partial charge is 0.330 e. The Balaban J connectivity index is 2.35. The van der Waals surface area contributed by atoms with E-state index in [-0.39, 0.29) is 5.97 Å². The fourth-order valence-electron chi connectivity index (χ4n) is 1.74. The minimum atomic E-state index is -0.343. The fourth-order valence-corrected chi connectivity index (χ4v) is 2.53. The predicted molar refractivity (Wildman–Crippen MR) is 74.0 cm³/mol. The van der Waals surface area contributed by atoms with Crippen LogP contribution in [0.2, 0.25) is 0 Å². The Kier molecular flexibility index (Phi) is 3.99. The Hall–Kier alpha value is -1.81. The SMILES string of the molecule is CCOC(=O)/C=C/c1ccc2sccc2c1OC. The number of benzene rings is 1. The molecule has 0 saturated carbocycles. The van der Waals surface area contributed by atoms with E-state index in [1.807, 2.05) is 23.6 Å². The lowest BCUT2D eigenvalue weighted by Crippen LogP contribution is -1.98. The maximum atomic E-state index is 11.3. The van der Waals surface area contributed by atoms with E-state index < -0.39 is 0 Å². The van der Waals surface area contributed by atoms with Gasteiger partial charge in [0, 0.05) is 21.7 Å². The summed E-state index contributed by atoms with van der Waals surface area (Å²) in [5.74, 6) is 0.444. The summed E-state index contributed by atoms with van der Waals surface area (Å²) < 4.78 is 11.4. The van der Waals surface area contributed by atoms with E-state index in [0.717, 1.165) is 16.7 Å². The first-order valence-electron chi connectivity index (χ1n) is 5.65. The van der Waals surface area contributed by atoms with Crippen LogP contribution in [0.15, 0.2) is 29.7 Å². The maximum absolute atomic E-state index is 11.3. The zero-order valence-corrected chi connectivity index (χ0v) is 11.1. The van der Waals surface area contributed by atoms with E-state index in [1.54, 1.807) is 31.4 Å². The second kappa shape index (κ2) is 5.69. The lowest BCUT2D eigenvalue weighted by atomic mass is 10.1. The van der Waals surface area contributed by atoms with Crippen molar-refractivity contribution < 1.29 is 14.3 Å². The highest BCUT2D eigenvalue weighted by Gasteiger charge is 2.07. The Labute approximate surface area is 110 Å². The quantitative estimate of drug-likeness (QED) is 0.625. The molecule has 0 aliphatic heterocycles. The number of rotatable bonds is 4. The van der Waals surface area contributed by atoms with Gasteiger partial charge in [-0.1, -0.05) is 0 Å². The Morgan fingerprint density at radius 1 is 1.39 bits per heavy atom. The molecule has 1 heterocycles. The van der Waals surface area contributed by atoms with Crippen LogP contribution in [0, 0.1) is 0 Å². The van der Waals surface area contributed by atoms with Crippen LogP contribution >= 0.6 is 11.3 Å². The molecule has 0 aliphatic rings. The van der Waals surface area contributed by atoms with Crippen molar-refractivity contribution in [2.75, 3.05) is 13.7 Å². The minimum absolute atomic E-state index is 0.343. The monoisotopic (exact) mass is 262 g/mol. The molecule has 0 unspecified atom stereocenters. The molecule has 2 aromatic rings. The molecule has 3 nitrogen and oxygen atoms in total. The van der Waals surface area contributed by atoms with Crippen LogP contribution in [-0.2, 0) is 9.53 Å². The Morgan fingerprint density at radius 2 is 2.22 bits per heavy atom. The first kappa shape index (κ1) is 12.6. The number of carbonyl (C=O) groups is 1. The van der Waals surface area contributed by atoms with Crippen molar-refractivity contribution in [3.05, 3.63) is 35.2 Å². The number of hydrogen-bond donors (Lipinski definition) is 0. The lowest BCUT2D eigenvalue weighted by molar-refractivity contribution is -0.137. The van der Waals surface area contributed by atoms with Crippen molar-refractivity contribution in [3.63, 3.8) is 0 Å². The molecule has 1 aromatic carbocycles. The first-order chi connectivity index (χ1) is 8.76. The molecule has 0 aliphatic carbocycles. The van der Waals surface area contributed by atoms with Gasteiger partial charge in [0.25, 0.3) is 0 Å². The summed E-state index contributed by atoms with van der Waals surface area (Å²) in [6.07, 6.45) is 3.13. The summed E-state index contributed by atoms with van der Waals surface area (Å²) in [5.41, 5.74) is 0.872.